The van der Waals surface area contributed by atoms with Crippen LogP contribution >= 0.6 is 24.0 Å². The third-order valence-electron chi connectivity index (χ3n) is 4.61. The molecule has 2 rings (SSSR count). The van der Waals surface area contributed by atoms with Crippen molar-refractivity contribution in [2.24, 2.45) is 12.0 Å². The van der Waals surface area contributed by atoms with Gasteiger partial charge in [-0.15, -0.1) is 34.2 Å². The van der Waals surface area contributed by atoms with Crippen molar-refractivity contribution < 1.29 is 4.79 Å². The van der Waals surface area contributed by atoms with E-state index in [1.165, 1.54) is 0 Å². The Labute approximate surface area is 172 Å². The van der Waals surface area contributed by atoms with E-state index in [9.17, 15) is 4.79 Å². The van der Waals surface area contributed by atoms with Gasteiger partial charge in [-0.2, -0.15) is 0 Å². The Morgan fingerprint density at radius 3 is 2.38 bits per heavy atom. The molecule has 2 heterocycles. The van der Waals surface area contributed by atoms with Crippen LogP contribution in [-0.2, 0) is 18.4 Å². The number of nitrogens with one attached hydrogen (secondary N) is 1. The van der Waals surface area contributed by atoms with Crippen molar-refractivity contribution in [3.05, 3.63) is 11.6 Å². The van der Waals surface area contributed by atoms with Crippen LogP contribution in [0.1, 0.15) is 18.1 Å². The summed E-state index contributed by atoms with van der Waals surface area (Å²) in [7, 11) is 7.36. The van der Waals surface area contributed by atoms with Crippen molar-refractivity contribution in [2.45, 2.75) is 19.9 Å². The molecule has 10 heteroatoms. The average molecular weight is 478 g/mol. The van der Waals surface area contributed by atoms with E-state index in [1.807, 2.05) is 18.5 Å². The lowest BCUT2D eigenvalue weighted by Crippen LogP contribution is -2.52. The summed E-state index contributed by atoms with van der Waals surface area (Å²) in [5.74, 6) is 2.84. The maximum Gasteiger partial charge on any atom is 0.223 e. The van der Waals surface area contributed by atoms with Gasteiger partial charge in [-0.25, -0.2) is 0 Å². The maximum absolute atomic E-state index is 11.7. The van der Waals surface area contributed by atoms with Crippen LogP contribution in [0.2, 0.25) is 0 Å². The normalized spacial score (nSPS) is 15.6. The first-order valence-electron chi connectivity index (χ1n) is 8.65. The average Bonchev–Trinajstić information content (AvgIpc) is 2.93. The van der Waals surface area contributed by atoms with Crippen LogP contribution in [-0.4, -0.2) is 95.2 Å². The van der Waals surface area contributed by atoms with Crippen molar-refractivity contribution in [2.75, 3.05) is 53.9 Å². The minimum absolute atomic E-state index is 0. The van der Waals surface area contributed by atoms with E-state index in [2.05, 4.69) is 30.3 Å². The van der Waals surface area contributed by atoms with Crippen molar-refractivity contribution in [1.82, 2.24) is 34.8 Å². The number of aryl methyl sites for hydroxylation is 1. The highest BCUT2D eigenvalue weighted by atomic mass is 127. The van der Waals surface area contributed by atoms with Gasteiger partial charge in [-0.1, -0.05) is 0 Å². The Balaban J connectivity index is 0.00000338. The molecule has 1 saturated heterocycles. The Bertz CT molecular complexity index is 607. The lowest BCUT2D eigenvalue weighted by Gasteiger charge is -2.36. The number of hydrogen-bond donors (Lipinski definition) is 1. The summed E-state index contributed by atoms with van der Waals surface area (Å²) < 4.78 is 1.97. The molecule has 0 spiro atoms. The summed E-state index contributed by atoms with van der Waals surface area (Å²) in [5, 5.41) is 11.6. The molecule has 1 amide bonds. The van der Waals surface area contributed by atoms with Gasteiger partial charge in [-0.3, -0.25) is 14.7 Å². The minimum Gasteiger partial charge on any atom is -0.349 e. The van der Waals surface area contributed by atoms with Gasteiger partial charge in [0.15, 0.2) is 11.8 Å². The molecule has 1 aromatic rings. The fraction of sp³-hybridized carbons (Fsp3) is 0.750. The number of carbonyl (C=O) groups excluding carboxylic acids is 1. The minimum atomic E-state index is 0. The molecule has 1 aliphatic heterocycles. The van der Waals surface area contributed by atoms with Crippen LogP contribution in [0.3, 0.4) is 0 Å². The van der Waals surface area contributed by atoms with Crippen molar-refractivity contribution in [1.29, 1.82) is 0 Å². The van der Waals surface area contributed by atoms with Crippen LogP contribution in [0, 0.1) is 6.92 Å². The fourth-order valence-electron chi connectivity index (χ4n) is 2.76. The van der Waals surface area contributed by atoms with Crippen molar-refractivity contribution >= 4 is 35.8 Å². The molecule has 0 radical (unpaired) electrons. The van der Waals surface area contributed by atoms with Gasteiger partial charge in [0, 0.05) is 67.3 Å². The highest BCUT2D eigenvalue weighted by Gasteiger charge is 2.20. The van der Waals surface area contributed by atoms with Gasteiger partial charge in [-0.05, 0) is 6.92 Å². The molecule has 0 aromatic carbocycles. The lowest BCUT2D eigenvalue weighted by molar-refractivity contribution is -0.129. The Kier molecular flexibility index (Phi) is 9.27. The van der Waals surface area contributed by atoms with Gasteiger partial charge >= 0.3 is 0 Å². The second-order valence-corrected chi connectivity index (χ2v) is 6.49. The number of aromatic nitrogens is 3. The number of piperazine rings is 1. The van der Waals surface area contributed by atoms with Crippen LogP contribution in [0.4, 0.5) is 0 Å². The second kappa shape index (κ2) is 10.7. The van der Waals surface area contributed by atoms with E-state index in [0.717, 1.165) is 50.3 Å². The van der Waals surface area contributed by atoms with Crippen LogP contribution in [0.5, 0.6) is 0 Å². The third kappa shape index (κ3) is 6.08. The third-order valence-corrected chi connectivity index (χ3v) is 4.61. The van der Waals surface area contributed by atoms with Gasteiger partial charge in [0.05, 0.1) is 6.54 Å². The molecule has 0 saturated carbocycles. The van der Waals surface area contributed by atoms with Gasteiger partial charge in [0.25, 0.3) is 0 Å². The molecule has 1 aromatic heterocycles. The Hall–Kier alpha value is -1.43. The largest absolute Gasteiger partial charge is 0.349 e. The molecule has 1 aliphatic rings. The first-order chi connectivity index (χ1) is 11.9. The zero-order valence-electron chi connectivity index (χ0n) is 16.4. The molecule has 0 bridgehead atoms. The highest BCUT2D eigenvalue weighted by molar-refractivity contribution is 14.0. The zero-order valence-corrected chi connectivity index (χ0v) is 18.7. The predicted octanol–water partition coefficient (Wildman–Crippen LogP) is -0.0872. The summed E-state index contributed by atoms with van der Waals surface area (Å²) >= 11 is 0. The van der Waals surface area contributed by atoms with Crippen LogP contribution < -0.4 is 5.32 Å². The lowest BCUT2D eigenvalue weighted by atomic mass is 10.3. The quantitative estimate of drug-likeness (QED) is 0.362. The first kappa shape index (κ1) is 22.6. The molecule has 1 N–H and O–H groups in total. The summed E-state index contributed by atoms with van der Waals surface area (Å²) in [5.41, 5.74) is 0. The molecule has 26 heavy (non-hydrogen) atoms. The zero-order chi connectivity index (χ0) is 18.4. The van der Waals surface area contributed by atoms with Gasteiger partial charge < -0.3 is 19.7 Å². The Morgan fingerprint density at radius 2 is 1.88 bits per heavy atom. The van der Waals surface area contributed by atoms with E-state index < -0.39 is 0 Å². The van der Waals surface area contributed by atoms with Crippen LogP contribution in [0.15, 0.2) is 4.99 Å². The fourth-order valence-corrected chi connectivity index (χ4v) is 2.76. The van der Waals surface area contributed by atoms with E-state index >= 15 is 0 Å². The number of carbonyl (C=O) groups is 1. The van der Waals surface area contributed by atoms with Crippen molar-refractivity contribution in [3.63, 3.8) is 0 Å². The summed E-state index contributed by atoms with van der Waals surface area (Å²) in [6.07, 6.45) is 0.575. The van der Waals surface area contributed by atoms with E-state index in [0.29, 0.717) is 13.0 Å². The number of halogens is 1. The monoisotopic (exact) mass is 478 g/mol. The Morgan fingerprint density at radius 1 is 1.23 bits per heavy atom. The molecule has 148 valence electrons. The molecule has 0 atom stereocenters. The van der Waals surface area contributed by atoms with Crippen molar-refractivity contribution in [3.8, 4) is 0 Å². The number of hydrogen-bond acceptors (Lipinski definition) is 5. The van der Waals surface area contributed by atoms with Gasteiger partial charge in [0.2, 0.25) is 5.91 Å². The van der Waals surface area contributed by atoms with E-state index in [1.54, 1.807) is 26.0 Å². The molecule has 0 aliphatic carbocycles. The smallest absolute Gasteiger partial charge is 0.223 e. The van der Waals surface area contributed by atoms with E-state index in [-0.39, 0.29) is 29.9 Å². The SMILES string of the molecule is CN=C(NCc1nnc(C)n1C)N1CCN(CCC(=O)N(C)C)CC1.I. The number of aliphatic imine (C=N–C) groups is 1. The summed E-state index contributed by atoms with van der Waals surface area (Å²) in [6, 6.07) is 0. The summed E-state index contributed by atoms with van der Waals surface area (Å²) in [6.45, 7) is 7.01. The molecule has 9 nitrogen and oxygen atoms in total. The van der Waals surface area contributed by atoms with Gasteiger partial charge in [0.1, 0.15) is 5.82 Å². The first-order valence-corrected chi connectivity index (χ1v) is 8.65. The maximum atomic E-state index is 11.7. The summed E-state index contributed by atoms with van der Waals surface area (Å²) in [4.78, 5) is 22.3. The number of guanidine groups is 1. The number of rotatable bonds is 5. The molecule has 1 fully saturated rings. The van der Waals surface area contributed by atoms with Crippen LogP contribution in [0.25, 0.3) is 0 Å². The molecular formula is C16H31IN8O. The predicted molar refractivity (Wildman–Crippen MR) is 113 cm³/mol. The topological polar surface area (TPSA) is 81.9 Å². The number of amides is 1. The second-order valence-electron chi connectivity index (χ2n) is 6.49. The molecular weight excluding hydrogens is 447 g/mol. The number of nitrogens with zero attached hydrogens (tertiary/aromatic N) is 7. The standard InChI is InChI=1S/C16H30N8O.HI/c1-13-19-20-14(22(13)5)12-18-16(17-2)24-10-8-23(9-11-24)7-6-15(25)21(3)4;/h6-12H2,1-5H3,(H,17,18);1H. The highest BCUT2D eigenvalue weighted by Crippen LogP contribution is 2.05. The molecule has 0 unspecified atom stereocenters. The van der Waals surface area contributed by atoms with E-state index in [4.69, 9.17) is 0 Å².